The smallest absolute Gasteiger partial charge is 0.145 e. The van der Waals surface area contributed by atoms with Crippen LogP contribution in [-0.2, 0) is 4.79 Å². The summed E-state index contributed by atoms with van der Waals surface area (Å²) >= 11 is 0. The molecule has 0 aliphatic rings. The SMILES string of the molecule is C=C(C=O)C([Si](CC)(CC)CC)[Si](CC)(CC)CC. The summed E-state index contributed by atoms with van der Waals surface area (Å²) in [6.45, 7) is 18.3. The second-order valence-corrected chi connectivity index (χ2v) is 17.4. The molecule has 0 saturated carbocycles. The highest BCUT2D eigenvalue weighted by molar-refractivity contribution is 7.00. The van der Waals surface area contributed by atoms with Crippen molar-refractivity contribution in [2.24, 2.45) is 0 Å². The summed E-state index contributed by atoms with van der Waals surface area (Å²) in [7, 11) is -2.80. The van der Waals surface area contributed by atoms with Crippen LogP contribution in [0.1, 0.15) is 41.5 Å². The van der Waals surface area contributed by atoms with Crippen molar-refractivity contribution in [2.75, 3.05) is 0 Å². The molecule has 0 bridgehead atoms. The van der Waals surface area contributed by atoms with Gasteiger partial charge in [-0.15, -0.1) is 0 Å². The van der Waals surface area contributed by atoms with Crippen molar-refractivity contribution in [2.45, 2.75) is 83.0 Å². The Hall–Kier alpha value is -0.156. The number of hydrogen-bond acceptors (Lipinski definition) is 1. The van der Waals surface area contributed by atoms with E-state index in [2.05, 4.69) is 48.1 Å². The maximum absolute atomic E-state index is 11.5. The molecule has 0 unspecified atom stereocenters. The molecule has 0 aromatic rings. The van der Waals surface area contributed by atoms with Gasteiger partial charge in [0.25, 0.3) is 0 Å². The molecule has 0 radical (unpaired) electrons. The van der Waals surface area contributed by atoms with Crippen LogP contribution in [0, 0.1) is 0 Å². The van der Waals surface area contributed by atoms with Crippen LogP contribution in [0.2, 0.25) is 41.4 Å². The molecular weight excluding hydrogens is 264 g/mol. The average Bonchev–Trinajstić information content (AvgIpc) is 2.48. The summed E-state index contributed by atoms with van der Waals surface area (Å²) < 4.78 is 0. The highest BCUT2D eigenvalue weighted by Gasteiger charge is 2.49. The lowest BCUT2D eigenvalue weighted by Gasteiger charge is -2.48. The fourth-order valence-electron chi connectivity index (χ4n) is 4.23. The molecule has 0 saturated heterocycles. The Kier molecular flexibility index (Phi) is 8.13. The molecule has 0 aliphatic heterocycles. The fraction of sp³-hybridized carbons (Fsp3) is 0.812. The lowest BCUT2D eigenvalue weighted by atomic mass is 10.4. The van der Waals surface area contributed by atoms with Crippen LogP contribution < -0.4 is 0 Å². The van der Waals surface area contributed by atoms with Gasteiger partial charge in [0.1, 0.15) is 6.29 Å². The van der Waals surface area contributed by atoms with Crippen LogP contribution in [0.25, 0.3) is 0 Å². The quantitative estimate of drug-likeness (QED) is 0.288. The first-order valence-electron chi connectivity index (χ1n) is 8.11. The van der Waals surface area contributed by atoms with Crippen LogP contribution in [-0.4, -0.2) is 22.4 Å². The van der Waals surface area contributed by atoms with Crippen LogP contribution in [0.5, 0.6) is 0 Å². The summed E-state index contributed by atoms with van der Waals surface area (Å²) in [5, 5.41) is 0.595. The first kappa shape index (κ1) is 18.8. The first-order chi connectivity index (χ1) is 8.97. The minimum absolute atomic E-state index is 0.595. The third kappa shape index (κ3) is 3.49. The van der Waals surface area contributed by atoms with Gasteiger partial charge in [-0.05, 0) is 10.7 Å². The predicted molar refractivity (Wildman–Crippen MR) is 93.3 cm³/mol. The third-order valence-electron chi connectivity index (χ3n) is 5.97. The van der Waals surface area contributed by atoms with Crippen LogP contribution in [0.3, 0.4) is 0 Å². The van der Waals surface area contributed by atoms with E-state index in [0.29, 0.717) is 5.16 Å². The molecule has 3 heteroatoms. The van der Waals surface area contributed by atoms with Gasteiger partial charge in [-0.3, -0.25) is 4.79 Å². The van der Waals surface area contributed by atoms with E-state index in [4.69, 9.17) is 0 Å². The Bertz CT molecular complexity index is 255. The molecule has 0 aromatic heterocycles. The van der Waals surface area contributed by atoms with Crippen molar-refractivity contribution in [3.63, 3.8) is 0 Å². The van der Waals surface area contributed by atoms with Gasteiger partial charge in [-0.1, -0.05) is 84.4 Å². The van der Waals surface area contributed by atoms with Gasteiger partial charge in [-0.2, -0.15) is 0 Å². The summed E-state index contributed by atoms with van der Waals surface area (Å²) in [6, 6.07) is 7.79. The maximum Gasteiger partial charge on any atom is 0.145 e. The van der Waals surface area contributed by atoms with Gasteiger partial charge in [-0.25, -0.2) is 0 Å². The summed E-state index contributed by atoms with van der Waals surface area (Å²) in [5.74, 6) is 0. The van der Waals surface area contributed by atoms with Gasteiger partial charge in [0.15, 0.2) is 0 Å². The summed E-state index contributed by atoms with van der Waals surface area (Å²) in [6.07, 6.45) is 1.08. The largest absolute Gasteiger partial charge is 0.298 e. The van der Waals surface area contributed by atoms with E-state index in [1.54, 1.807) is 0 Å². The third-order valence-corrected chi connectivity index (χ3v) is 21.3. The average molecular weight is 299 g/mol. The monoisotopic (exact) mass is 298 g/mol. The normalized spacial score (nSPS) is 12.8. The van der Waals surface area contributed by atoms with Crippen molar-refractivity contribution in [3.8, 4) is 0 Å². The number of carbonyl (C=O) groups is 1. The van der Waals surface area contributed by atoms with Gasteiger partial charge in [0.05, 0.1) is 16.1 Å². The number of rotatable bonds is 10. The Labute approximate surface area is 122 Å². The molecule has 0 heterocycles. The van der Waals surface area contributed by atoms with Gasteiger partial charge in [0, 0.05) is 0 Å². The van der Waals surface area contributed by atoms with E-state index in [-0.39, 0.29) is 0 Å². The number of allylic oxidation sites excluding steroid dienone is 1. The van der Waals surface area contributed by atoms with Crippen LogP contribution in [0.15, 0.2) is 12.2 Å². The molecule has 0 atom stereocenters. The van der Waals surface area contributed by atoms with E-state index in [1.807, 2.05) is 0 Å². The number of aldehydes is 1. The van der Waals surface area contributed by atoms with Crippen molar-refractivity contribution < 1.29 is 4.79 Å². The van der Waals surface area contributed by atoms with Gasteiger partial charge < -0.3 is 0 Å². The Balaban J connectivity index is 5.92. The zero-order valence-corrected chi connectivity index (χ0v) is 16.0. The molecule has 0 spiro atoms. The molecule has 0 N–H and O–H groups in total. The van der Waals surface area contributed by atoms with Crippen LogP contribution >= 0.6 is 0 Å². The molecule has 1 nitrogen and oxygen atoms in total. The topological polar surface area (TPSA) is 17.1 Å². The van der Waals surface area contributed by atoms with E-state index in [1.165, 1.54) is 36.3 Å². The van der Waals surface area contributed by atoms with Crippen molar-refractivity contribution >= 4 is 22.4 Å². The van der Waals surface area contributed by atoms with E-state index in [9.17, 15) is 4.79 Å². The Morgan fingerprint density at radius 3 is 1.26 bits per heavy atom. The van der Waals surface area contributed by atoms with E-state index in [0.717, 1.165) is 11.9 Å². The first-order valence-corrected chi connectivity index (χ1v) is 13.5. The predicted octanol–water partition coefficient (Wildman–Crippen LogP) is 5.67. The van der Waals surface area contributed by atoms with Crippen LogP contribution in [0.4, 0.5) is 0 Å². The van der Waals surface area contributed by atoms with Crippen molar-refractivity contribution in [1.82, 2.24) is 0 Å². The molecular formula is C16H34OSi2. The Morgan fingerprint density at radius 1 is 0.842 bits per heavy atom. The summed E-state index contributed by atoms with van der Waals surface area (Å²) in [4.78, 5) is 11.5. The molecule has 0 aromatic carbocycles. The second kappa shape index (κ2) is 8.20. The molecule has 0 amide bonds. The molecule has 19 heavy (non-hydrogen) atoms. The highest BCUT2D eigenvalue weighted by Crippen LogP contribution is 2.48. The summed E-state index contributed by atoms with van der Waals surface area (Å²) in [5.41, 5.74) is 0.939. The highest BCUT2D eigenvalue weighted by atomic mass is 28.4. The van der Waals surface area contributed by atoms with Gasteiger partial charge in [0.2, 0.25) is 0 Å². The molecule has 0 fully saturated rings. The number of hydrogen-bond donors (Lipinski definition) is 0. The van der Waals surface area contributed by atoms with E-state index < -0.39 is 16.1 Å². The second-order valence-electron chi connectivity index (χ2n) is 5.97. The van der Waals surface area contributed by atoms with Crippen molar-refractivity contribution in [1.29, 1.82) is 0 Å². The Morgan fingerprint density at radius 2 is 1.11 bits per heavy atom. The molecule has 112 valence electrons. The minimum Gasteiger partial charge on any atom is -0.298 e. The zero-order valence-electron chi connectivity index (χ0n) is 14.0. The lowest BCUT2D eigenvalue weighted by molar-refractivity contribution is -0.104. The maximum atomic E-state index is 11.5. The standard InChI is InChI=1S/C16H34OSi2/c1-8-18(9-2,10-3)16(15(7)14-17)19(11-4,12-5)13-6/h14,16H,7-13H2,1-6H3. The minimum atomic E-state index is -1.40. The number of carbonyl (C=O) groups excluding carboxylic acids is 1. The lowest BCUT2D eigenvalue weighted by Crippen LogP contribution is -2.53. The van der Waals surface area contributed by atoms with Gasteiger partial charge >= 0.3 is 0 Å². The molecule has 0 aliphatic carbocycles. The zero-order chi connectivity index (χ0) is 15.1. The van der Waals surface area contributed by atoms with E-state index >= 15 is 0 Å². The van der Waals surface area contributed by atoms with Crippen molar-refractivity contribution in [3.05, 3.63) is 12.2 Å². The molecule has 0 rings (SSSR count). The fourth-order valence-corrected chi connectivity index (χ4v) is 20.3.